The van der Waals surface area contributed by atoms with E-state index in [1.54, 1.807) is 18.4 Å². The largest absolute Gasteiger partial charge is 0.496 e. The molecule has 0 fully saturated rings. The number of thiazole rings is 1. The summed E-state index contributed by atoms with van der Waals surface area (Å²) in [6.07, 6.45) is 3.89. The normalized spacial score (nSPS) is 12.3. The van der Waals surface area contributed by atoms with E-state index >= 15 is 0 Å². The maximum Gasteiger partial charge on any atom is 0.122 e. The van der Waals surface area contributed by atoms with Crippen LogP contribution in [0.5, 0.6) is 5.75 Å². The molecule has 1 aromatic carbocycles. The van der Waals surface area contributed by atoms with E-state index in [2.05, 4.69) is 33.0 Å². The lowest BCUT2D eigenvalue weighted by Gasteiger charge is -2.15. The van der Waals surface area contributed by atoms with Crippen molar-refractivity contribution in [3.63, 3.8) is 0 Å². The lowest BCUT2D eigenvalue weighted by molar-refractivity contribution is 0.406. The molecule has 0 N–H and O–H groups in total. The van der Waals surface area contributed by atoms with Crippen LogP contribution in [0.3, 0.4) is 0 Å². The Hall–Kier alpha value is -0.870. The summed E-state index contributed by atoms with van der Waals surface area (Å²) < 4.78 is 5.40. The van der Waals surface area contributed by atoms with Crippen molar-refractivity contribution in [2.45, 2.75) is 12.8 Å². The van der Waals surface area contributed by atoms with Crippen molar-refractivity contribution in [2.24, 2.45) is 5.92 Å². The summed E-state index contributed by atoms with van der Waals surface area (Å²) in [5, 5.41) is 4.21. The maximum absolute atomic E-state index is 5.40. The first kappa shape index (κ1) is 13.6. The minimum absolute atomic E-state index is 0.549. The van der Waals surface area contributed by atoms with Gasteiger partial charge >= 0.3 is 0 Å². The molecule has 2 aromatic rings. The summed E-state index contributed by atoms with van der Waals surface area (Å²) in [5.74, 6) is 1.52. The highest BCUT2D eigenvalue weighted by atomic mass is 79.9. The van der Waals surface area contributed by atoms with Crippen LogP contribution in [-0.2, 0) is 12.8 Å². The number of hydrogen-bond donors (Lipinski definition) is 0. The lowest BCUT2D eigenvalue weighted by Crippen LogP contribution is -2.10. The average Bonchev–Trinajstić information content (AvgIpc) is 2.91. The zero-order valence-corrected chi connectivity index (χ0v) is 12.7. The summed E-state index contributed by atoms with van der Waals surface area (Å²) in [7, 11) is 1.72. The number of halogens is 1. The molecule has 1 heterocycles. The molecule has 0 aliphatic rings. The van der Waals surface area contributed by atoms with Crippen LogP contribution in [0.15, 0.2) is 35.8 Å². The molecule has 1 atom stereocenters. The van der Waals surface area contributed by atoms with E-state index in [1.807, 2.05) is 23.7 Å². The number of ether oxygens (including phenoxy) is 1. The summed E-state index contributed by atoms with van der Waals surface area (Å²) in [6.45, 7) is 0. The van der Waals surface area contributed by atoms with E-state index in [1.165, 1.54) is 10.6 Å². The van der Waals surface area contributed by atoms with Crippen LogP contribution >= 0.6 is 27.3 Å². The minimum atomic E-state index is 0.549. The molecular formula is C14H16BrNOS. The van der Waals surface area contributed by atoms with E-state index < -0.39 is 0 Å². The van der Waals surface area contributed by atoms with Crippen molar-refractivity contribution in [2.75, 3.05) is 12.4 Å². The molecule has 18 heavy (non-hydrogen) atoms. The summed E-state index contributed by atoms with van der Waals surface area (Å²) >= 11 is 5.33. The van der Waals surface area contributed by atoms with Crippen molar-refractivity contribution in [1.29, 1.82) is 0 Å². The van der Waals surface area contributed by atoms with E-state index in [9.17, 15) is 0 Å². The predicted octanol–water partition coefficient (Wildman–Crippen LogP) is 3.95. The molecule has 1 aromatic heterocycles. The molecule has 0 saturated carbocycles. The van der Waals surface area contributed by atoms with Crippen LogP contribution in [0, 0.1) is 5.92 Å². The van der Waals surface area contributed by atoms with Crippen molar-refractivity contribution in [3.05, 3.63) is 46.4 Å². The van der Waals surface area contributed by atoms with Crippen LogP contribution in [-0.4, -0.2) is 17.4 Å². The smallest absolute Gasteiger partial charge is 0.122 e. The molecule has 0 bridgehead atoms. The van der Waals surface area contributed by atoms with Gasteiger partial charge in [-0.3, -0.25) is 0 Å². The minimum Gasteiger partial charge on any atom is -0.496 e. The monoisotopic (exact) mass is 325 g/mol. The maximum atomic E-state index is 5.40. The second-order valence-corrected chi connectivity index (χ2v) is 5.79. The van der Waals surface area contributed by atoms with E-state index in [-0.39, 0.29) is 0 Å². The third-order valence-corrected chi connectivity index (χ3v) is 4.58. The highest BCUT2D eigenvalue weighted by Gasteiger charge is 2.13. The predicted molar refractivity (Wildman–Crippen MR) is 79.8 cm³/mol. The van der Waals surface area contributed by atoms with Crippen LogP contribution in [0.2, 0.25) is 0 Å². The van der Waals surface area contributed by atoms with Gasteiger partial charge in [-0.05, 0) is 24.0 Å². The fraction of sp³-hybridized carbons (Fsp3) is 0.357. The van der Waals surface area contributed by atoms with Gasteiger partial charge in [0, 0.05) is 23.3 Å². The Bertz CT molecular complexity index is 472. The fourth-order valence-corrected chi connectivity index (χ4v) is 3.15. The van der Waals surface area contributed by atoms with Gasteiger partial charge in [-0.15, -0.1) is 11.3 Å². The summed E-state index contributed by atoms with van der Waals surface area (Å²) in [6, 6.07) is 8.22. The van der Waals surface area contributed by atoms with E-state index in [0.717, 1.165) is 23.9 Å². The van der Waals surface area contributed by atoms with E-state index in [0.29, 0.717) is 5.92 Å². The van der Waals surface area contributed by atoms with Crippen molar-refractivity contribution in [3.8, 4) is 5.75 Å². The first-order chi connectivity index (χ1) is 8.83. The van der Waals surface area contributed by atoms with Crippen LogP contribution < -0.4 is 4.74 Å². The highest BCUT2D eigenvalue weighted by Crippen LogP contribution is 2.24. The number of alkyl halides is 1. The number of hydrogen-bond acceptors (Lipinski definition) is 3. The van der Waals surface area contributed by atoms with Crippen LogP contribution in [0.1, 0.15) is 10.6 Å². The molecular weight excluding hydrogens is 310 g/mol. The van der Waals surface area contributed by atoms with Crippen molar-refractivity contribution < 1.29 is 4.74 Å². The Morgan fingerprint density at radius 2 is 2.17 bits per heavy atom. The van der Waals surface area contributed by atoms with Gasteiger partial charge in [0.1, 0.15) is 5.75 Å². The molecule has 0 saturated heterocycles. The first-order valence-corrected chi connectivity index (χ1v) is 7.89. The molecule has 96 valence electrons. The van der Waals surface area contributed by atoms with Crippen LogP contribution in [0.25, 0.3) is 0 Å². The quantitative estimate of drug-likeness (QED) is 0.750. The van der Waals surface area contributed by atoms with Crippen molar-refractivity contribution >= 4 is 27.3 Å². The van der Waals surface area contributed by atoms with Gasteiger partial charge in [0.15, 0.2) is 0 Å². The Morgan fingerprint density at radius 3 is 2.83 bits per heavy atom. The number of methoxy groups -OCH3 is 1. The zero-order chi connectivity index (χ0) is 12.8. The Balaban J connectivity index is 2.05. The van der Waals surface area contributed by atoms with Gasteiger partial charge in [0.25, 0.3) is 0 Å². The molecule has 0 aliphatic heterocycles. The van der Waals surface area contributed by atoms with Gasteiger partial charge in [0.2, 0.25) is 0 Å². The molecule has 0 amide bonds. The van der Waals surface area contributed by atoms with Gasteiger partial charge in [0.05, 0.1) is 12.1 Å². The Labute approximate surface area is 120 Å². The third-order valence-electron chi connectivity index (χ3n) is 2.87. The molecule has 2 rings (SSSR count). The van der Waals surface area contributed by atoms with Gasteiger partial charge in [-0.1, -0.05) is 34.1 Å². The Morgan fingerprint density at radius 1 is 1.33 bits per heavy atom. The molecule has 2 nitrogen and oxygen atoms in total. The van der Waals surface area contributed by atoms with Gasteiger partial charge in [-0.25, -0.2) is 4.98 Å². The number of aromatic nitrogens is 1. The standard InChI is InChI=1S/C14H16BrNOS/c1-17-13-5-3-2-4-12(13)8-11(10-15)9-14-16-6-7-18-14/h2-7,11H,8-10H2,1H3. The Kier molecular flexibility index (Phi) is 5.20. The SMILES string of the molecule is COc1ccccc1CC(CBr)Cc1nccs1. The average molecular weight is 326 g/mol. The van der Waals surface area contributed by atoms with Crippen molar-refractivity contribution in [1.82, 2.24) is 4.98 Å². The third kappa shape index (κ3) is 3.56. The molecule has 0 spiro atoms. The molecule has 4 heteroatoms. The first-order valence-electron chi connectivity index (χ1n) is 5.89. The molecule has 0 radical (unpaired) electrons. The molecule has 1 unspecified atom stereocenters. The second kappa shape index (κ2) is 6.90. The highest BCUT2D eigenvalue weighted by molar-refractivity contribution is 9.09. The second-order valence-electron chi connectivity index (χ2n) is 4.17. The summed E-state index contributed by atoms with van der Waals surface area (Å²) in [4.78, 5) is 4.35. The van der Waals surface area contributed by atoms with Crippen LogP contribution in [0.4, 0.5) is 0 Å². The number of para-hydroxylation sites is 1. The number of nitrogens with zero attached hydrogens (tertiary/aromatic N) is 1. The van der Waals surface area contributed by atoms with Gasteiger partial charge < -0.3 is 4.74 Å². The van der Waals surface area contributed by atoms with Gasteiger partial charge in [-0.2, -0.15) is 0 Å². The lowest BCUT2D eigenvalue weighted by atomic mass is 9.97. The summed E-state index contributed by atoms with van der Waals surface area (Å²) in [5.41, 5.74) is 1.26. The number of rotatable bonds is 6. The molecule has 0 aliphatic carbocycles. The van der Waals surface area contributed by atoms with E-state index in [4.69, 9.17) is 4.74 Å². The number of benzene rings is 1. The zero-order valence-electron chi connectivity index (χ0n) is 10.3. The topological polar surface area (TPSA) is 22.1 Å². The fourth-order valence-electron chi connectivity index (χ4n) is 1.96.